The molecule has 3 nitrogen and oxygen atoms in total. The van der Waals surface area contributed by atoms with Crippen molar-refractivity contribution < 1.29 is 0 Å². The monoisotopic (exact) mass is 281 g/mol. The van der Waals surface area contributed by atoms with Gasteiger partial charge in [-0.05, 0) is 31.0 Å². The average Bonchev–Trinajstić information content (AvgIpc) is 3.30. The molecule has 0 amide bonds. The van der Waals surface area contributed by atoms with E-state index in [0.717, 1.165) is 22.2 Å². The summed E-state index contributed by atoms with van der Waals surface area (Å²) < 4.78 is 0. The first-order valence-electron chi connectivity index (χ1n) is 6.70. The molecule has 0 atom stereocenters. The van der Waals surface area contributed by atoms with Gasteiger partial charge in [-0.1, -0.05) is 29.8 Å². The van der Waals surface area contributed by atoms with Crippen molar-refractivity contribution in [3.8, 4) is 11.4 Å². The summed E-state index contributed by atoms with van der Waals surface area (Å²) in [6.07, 6.45) is 4.19. The molecule has 1 aromatic carbocycles. The molecular formula is C16H12ClN3. The third-order valence-corrected chi connectivity index (χ3v) is 3.79. The summed E-state index contributed by atoms with van der Waals surface area (Å²) in [5, 5.41) is 1.57. The molecule has 2 aromatic heterocycles. The first kappa shape index (κ1) is 11.8. The number of rotatable bonds is 2. The van der Waals surface area contributed by atoms with E-state index in [1.165, 1.54) is 12.8 Å². The molecule has 3 aromatic rings. The second-order valence-corrected chi connectivity index (χ2v) is 5.48. The normalized spacial score (nSPS) is 14.7. The Morgan fingerprint density at radius 3 is 2.75 bits per heavy atom. The molecular weight excluding hydrogens is 270 g/mol. The Hall–Kier alpha value is -2.00. The van der Waals surface area contributed by atoms with Crippen molar-refractivity contribution in [2.24, 2.45) is 0 Å². The highest BCUT2D eigenvalue weighted by Crippen LogP contribution is 2.40. The highest BCUT2D eigenvalue weighted by atomic mass is 35.5. The topological polar surface area (TPSA) is 38.7 Å². The standard InChI is InChI=1S/C16H12ClN3/c17-15-9-14(10-5-6-10)19-16(20-15)12-7-8-18-13-4-2-1-3-11(12)13/h1-4,7-10H,5-6H2. The Morgan fingerprint density at radius 1 is 1.05 bits per heavy atom. The fourth-order valence-electron chi connectivity index (χ4n) is 2.43. The fraction of sp³-hybridized carbons (Fsp3) is 0.188. The molecule has 1 fully saturated rings. The van der Waals surface area contributed by atoms with Gasteiger partial charge in [0, 0.05) is 28.8 Å². The van der Waals surface area contributed by atoms with E-state index in [1.807, 2.05) is 36.4 Å². The van der Waals surface area contributed by atoms with Gasteiger partial charge in [-0.15, -0.1) is 0 Å². The third kappa shape index (κ3) is 2.04. The summed E-state index contributed by atoms with van der Waals surface area (Å²) in [4.78, 5) is 13.5. The maximum Gasteiger partial charge on any atom is 0.161 e. The van der Waals surface area contributed by atoms with Crippen molar-refractivity contribution in [2.45, 2.75) is 18.8 Å². The SMILES string of the molecule is Clc1cc(C2CC2)nc(-c2ccnc3ccccc23)n1. The van der Waals surface area contributed by atoms with E-state index in [9.17, 15) is 0 Å². The van der Waals surface area contributed by atoms with Crippen molar-refractivity contribution in [3.05, 3.63) is 53.4 Å². The van der Waals surface area contributed by atoms with Gasteiger partial charge < -0.3 is 0 Å². The van der Waals surface area contributed by atoms with Crippen LogP contribution in [0.4, 0.5) is 0 Å². The molecule has 0 spiro atoms. The molecule has 0 N–H and O–H groups in total. The van der Waals surface area contributed by atoms with Crippen LogP contribution in [0.3, 0.4) is 0 Å². The van der Waals surface area contributed by atoms with Crippen LogP contribution in [-0.2, 0) is 0 Å². The quantitative estimate of drug-likeness (QED) is 0.660. The molecule has 1 aliphatic carbocycles. The van der Waals surface area contributed by atoms with Crippen LogP contribution in [0.25, 0.3) is 22.3 Å². The van der Waals surface area contributed by atoms with Gasteiger partial charge in [-0.3, -0.25) is 4.98 Å². The number of hydrogen-bond acceptors (Lipinski definition) is 3. The molecule has 1 aliphatic rings. The molecule has 0 bridgehead atoms. The van der Waals surface area contributed by atoms with Crippen LogP contribution in [0.1, 0.15) is 24.5 Å². The van der Waals surface area contributed by atoms with Crippen molar-refractivity contribution in [3.63, 3.8) is 0 Å². The number of pyridine rings is 1. The van der Waals surface area contributed by atoms with E-state index >= 15 is 0 Å². The van der Waals surface area contributed by atoms with Crippen LogP contribution in [0, 0.1) is 0 Å². The third-order valence-electron chi connectivity index (χ3n) is 3.60. The molecule has 4 rings (SSSR count). The first-order valence-corrected chi connectivity index (χ1v) is 7.08. The molecule has 0 aliphatic heterocycles. The summed E-state index contributed by atoms with van der Waals surface area (Å²) in [5.74, 6) is 1.25. The summed E-state index contributed by atoms with van der Waals surface area (Å²) in [6.45, 7) is 0. The maximum atomic E-state index is 6.16. The van der Waals surface area contributed by atoms with Gasteiger partial charge in [-0.2, -0.15) is 0 Å². The Balaban J connectivity index is 1.94. The smallest absolute Gasteiger partial charge is 0.161 e. The Labute approximate surface area is 121 Å². The summed E-state index contributed by atoms with van der Waals surface area (Å²) in [6, 6.07) is 11.8. The second kappa shape index (κ2) is 4.53. The molecule has 0 saturated heterocycles. The van der Waals surface area contributed by atoms with Crippen molar-refractivity contribution >= 4 is 22.5 Å². The van der Waals surface area contributed by atoms with Gasteiger partial charge >= 0.3 is 0 Å². The Morgan fingerprint density at radius 2 is 1.90 bits per heavy atom. The van der Waals surface area contributed by atoms with E-state index in [-0.39, 0.29) is 0 Å². The number of para-hydroxylation sites is 1. The summed E-state index contributed by atoms with van der Waals surface area (Å²) >= 11 is 6.16. The lowest BCUT2D eigenvalue weighted by Gasteiger charge is -2.07. The molecule has 1 saturated carbocycles. The van der Waals surface area contributed by atoms with Gasteiger partial charge in [0.2, 0.25) is 0 Å². The van der Waals surface area contributed by atoms with Crippen molar-refractivity contribution in [1.82, 2.24) is 15.0 Å². The van der Waals surface area contributed by atoms with E-state index in [4.69, 9.17) is 16.6 Å². The van der Waals surface area contributed by atoms with Gasteiger partial charge in [0.25, 0.3) is 0 Å². The average molecular weight is 282 g/mol. The zero-order valence-electron chi connectivity index (χ0n) is 10.8. The Bertz CT molecular complexity index is 791. The van der Waals surface area contributed by atoms with E-state index in [0.29, 0.717) is 16.9 Å². The minimum absolute atomic E-state index is 0.512. The molecule has 0 unspecified atom stereocenters. The number of hydrogen-bond donors (Lipinski definition) is 0. The minimum atomic E-state index is 0.512. The fourth-order valence-corrected chi connectivity index (χ4v) is 2.63. The minimum Gasteiger partial charge on any atom is -0.256 e. The number of halogens is 1. The highest BCUT2D eigenvalue weighted by molar-refractivity contribution is 6.29. The van der Waals surface area contributed by atoms with Crippen LogP contribution in [0.5, 0.6) is 0 Å². The number of nitrogens with zero attached hydrogens (tertiary/aromatic N) is 3. The summed E-state index contributed by atoms with van der Waals surface area (Å²) in [5.41, 5.74) is 2.99. The number of fused-ring (bicyclic) bond motifs is 1. The van der Waals surface area contributed by atoms with E-state index in [2.05, 4.69) is 9.97 Å². The van der Waals surface area contributed by atoms with Gasteiger partial charge in [0.1, 0.15) is 5.15 Å². The van der Waals surface area contributed by atoms with Crippen molar-refractivity contribution in [2.75, 3.05) is 0 Å². The predicted molar refractivity (Wildman–Crippen MR) is 79.8 cm³/mol. The zero-order valence-corrected chi connectivity index (χ0v) is 11.5. The second-order valence-electron chi connectivity index (χ2n) is 5.09. The number of benzene rings is 1. The highest BCUT2D eigenvalue weighted by Gasteiger charge is 2.26. The molecule has 20 heavy (non-hydrogen) atoms. The van der Waals surface area contributed by atoms with Crippen LogP contribution >= 0.6 is 11.6 Å². The molecule has 2 heterocycles. The summed E-state index contributed by atoms with van der Waals surface area (Å²) in [7, 11) is 0. The van der Waals surface area contributed by atoms with E-state index < -0.39 is 0 Å². The van der Waals surface area contributed by atoms with Crippen LogP contribution in [-0.4, -0.2) is 15.0 Å². The molecule has 0 radical (unpaired) electrons. The van der Waals surface area contributed by atoms with E-state index in [1.54, 1.807) is 6.20 Å². The van der Waals surface area contributed by atoms with Crippen LogP contribution in [0.15, 0.2) is 42.6 Å². The Kier molecular flexibility index (Phi) is 2.67. The first-order chi connectivity index (χ1) is 9.81. The zero-order chi connectivity index (χ0) is 13.5. The lowest BCUT2D eigenvalue weighted by Crippen LogP contribution is -1.96. The number of aromatic nitrogens is 3. The predicted octanol–water partition coefficient (Wildman–Crippen LogP) is 4.22. The lowest BCUT2D eigenvalue weighted by atomic mass is 10.1. The maximum absolute atomic E-state index is 6.16. The van der Waals surface area contributed by atoms with Crippen molar-refractivity contribution in [1.29, 1.82) is 0 Å². The van der Waals surface area contributed by atoms with Gasteiger partial charge in [0.05, 0.1) is 5.52 Å². The van der Waals surface area contributed by atoms with Crippen LogP contribution < -0.4 is 0 Å². The van der Waals surface area contributed by atoms with Gasteiger partial charge in [0.15, 0.2) is 5.82 Å². The molecule has 98 valence electrons. The largest absolute Gasteiger partial charge is 0.256 e. The van der Waals surface area contributed by atoms with Gasteiger partial charge in [-0.25, -0.2) is 9.97 Å². The van der Waals surface area contributed by atoms with Crippen LogP contribution in [0.2, 0.25) is 5.15 Å². The molecule has 4 heteroatoms. The lowest BCUT2D eigenvalue weighted by molar-refractivity contribution is 0.995.